The number of fused-ring (bicyclic) bond motifs is 1. The van der Waals surface area contributed by atoms with E-state index in [1.54, 1.807) is 7.05 Å². The van der Waals surface area contributed by atoms with Crippen molar-refractivity contribution in [3.8, 4) is 5.75 Å². The number of aromatic nitrogens is 4. The first-order chi connectivity index (χ1) is 11.2. The molecule has 0 spiro atoms. The van der Waals surface area contributed by atoms with Gasteiger partial charge in [-0.2, -0.15) is 5.21 Å². The van der Waals surface area contributed by atoms with Gasteiger partial charge >= 0.3 is 6.09 Å². The van der Waals surface area contributed by atoms with Crippen LogP contribution in [0, 0.1) is 0 Å². The number of nitrogens with one attached hydrogen (secondary N) is 2. The van der Waals surface area contributed by atoms with E-state index in [2.05, 4.69) is 25.9 Å². The Morgan fingerprint density at radius 1 is 1.48 bits per heavy atom. The lowest BCUT2D eigenvalue weighted by molar-refractivity contribution is 0.165. The number of carbonyl (C=O) groups excluding carboxylic acids is 1. The summed E-state index contributed by atoms with van der Waals surface area (Å²) in [6.07, 6.45) is 1.37. The van der Waals surface area contributed by atoms with E-state index in [0.29, 0.717) is 18.2 Å². The first-order valence-electron chi connectivity index (χ1n) is 7.70. The number of hydrogen-bond acceptors (Lipinski definition) is 6. The van der Waals surface area contributed by atoms with Crippen LogP contribution in [-0.4, -0.2) is 51.8 Å². The molecule has 0 saturated carbocycles. The molecule has 1 aromatic heterocycles. The zero-order valence-electron chi connectivity index (χ0n) is 13.2. The number of ether oxygens (including phenoxy) is 1. The maximum absolute atomic E-state index is 11.8. The normalized spacial score (nSPS) is 15.8. The third-order valence-electron chi connectivity index (χ3n) is 4.10. The summed E-state index contributed by atoms with van der Waals surface area (Å²) in [7, 11) is 1.71. The molecule has 0 bridgehead atoms. The molecule has 122 valence electrons. The van der Waals surface area contributed by atoms with Gasteiger partial charge in [0.2, 0.25) is 0 Å². The molecule has 0 saturated heterocycles. The largest absolute Gasteiger partial charge is 0.414 e. The van der Waals surface area contributed by atoms with Crippen molar-refractivity contribution < 1.29 is 9.53 Å². The molecule has 1 aromatic carbocycles. The van der Waals surface area contributed by atoms with E-state index in [1.807, 2.05) is 25.1 Å². The fourth-order valence-corrected chi connectivity index (χ4v) is 2.61. The Morgan fingerprint density at radius 3 is 3.09 bits per heavy atom. The molecule has 1 amide bonds. The van der Waals surface area contributed by atoms with E-state index in [9.17, 15) is 4.79 Å². The standard InChI is InChI=1S/C15H20N6O2/c1-3-21(2)15(22)23-11-5-6-12-10(9-16-13(12)8-11)4-7-14-17-19-20-18-14/h5-6,8,10,16H,3-4,7,9H2,1-2H3,(H,17,18,19,20). The average molecular weight is 316 g/mol. The second-order valence-corrected chi connectivity index (χ2v) is 5.58. The third-order valence-corrected chi connectivity index (χ3v) is 4.10. The lowest BCUT2D eigenvalue weighted by Gasteiger charge is -2.15. The monoisotopic (exact) mass is 316 g/mol. The predicted octanol–water partition coefficient (Wildman–Crippen LogP) is 1.79. The fourth-order valence-electron chi connectivity index (χ4n) is 2.61. The number of H-pyrrole nitrogens is 1. The van der Waals surface area contributed by atoms with E-state index in [4.69, 9.17) is 4.74 Å². The highest BCUT2D eigenvalue weighted by Crippen LogP contribution is 2.36. The quantitative estimate of drug-likeness (QED) is 0.873. The van der Waals surface area contributed by atoms with Crippen molar-refractivity contribution in [2.75, 3.05) is 25.5 Å². The summed E-state index contributed by atoms with van der Waals surface area (Å²) in [6, 6.07) is 5.74. The van der Waals surface area contributed by atoms with E-state index in [0.717, 1.165) is 30.9 Å². The van der Waals surface area contributed by atoms with Crippen molar-refractivity contribution in [3.63, 3.8) is 0 Å². The van der Waals surface area contributed by atoms with Crippen molar-refractivity contribution in [1.29, 1.82) is 0 Å². The molecular weight excluding hydrogens is 296 g/mol. The summed E-state index contributed by atoms with van der Waals surface area (Å²) in [5, 5.41) is 17.4. The molecule has 1 aliphatic rings. The summed E-state index contributed by atoms with van der Waals surface area (Å²) in [5.74, 6) is 1.68. The third kappa shape index (κ3) is 3.41. The minimum absolute atomic E-state index is 0.348. The van der Waals surface area contributed by atoms with E-state index in [1.165, 1.54) is 10.5 Å². The minimum Gasteiger partial charge on any atom is -0.410 e. The number of hydrogen-bond donors (Lipinski definition) is 2. The van der Waals surface area contributed by atoms with Crippen molar-refractivity contribution in [1.82, 2.24) is 25.5 Å². The van der Waals surface area contributed by atoms with Gasteiger partial charge in [-0.15, -0.1) is 10.2 Å². The molecule has 1 atom stereocenters. The molecule has 0 aliphatic carbocycles. The van der Waals surface area contributed by atoms with Gasteiger partial charge in [0.15, 0.2) is 5.82 Å². The zero-order chi connectivity index (χ0) is 16.2. The Bertz CT molecular complexity index is 673. The van der Waals surface area contributed by atoms with Crippen LogP contribution in [0.5, 0.6) is 5.75 Å². The van der Waals surface area contributed by atoms with Gasteiger partial charge in [-0.3, -0.25) is 0 Å². The smallest absolute Gasteiger partial charge is 0.410 e. The summed E-state index contributed by atoms with van der Waals surface area (Å²) >= 11 is 0. The highest BCUT2D eigenvalue weighted by molar-refractivity contribution is 5.71. The Labute approximate surface area is 134 Å². The highest BCUT2D eigenvalue weighted by Gasteiger charge is 2.23. The Hall–Kier alpha value is -2.64. The highest BCUT2D eigenvalue weighted by atomic mass is 16.6. The molecule has 2 aromatic rings. The molecular formula is C15H20N6O2. The van der Waals surface area contributed by atoms with Crippen LogP contribution >= 0.6 is 0 Å². The van der Waals surface area contributed by atoms with Crippen LogP contribution in [-0.2, 0) is 6.42 Å². The van der Waals surface area contributed by atoms with Crippen LogP contribution in [0.25, 0.3) is 0 Å². The number of carbonyl (C=O) groups is 1. The maximum atomic E-state index is 11.8. The molecule has 0 fully saturated rings. The lowest BCUT2D eigenvalue weighted by atomic mass is 9.96. The van der Waals surface area contributed by atoms with Gasteiger partial charge in [-0.05, 0) is 25.0 Å². The molecule has 8 heteroatoms. The first-order valence-corrected chi connectivity index (χ1v) is 7.70. The molecule has 1 aliphatic heterocycles. The van der Waals surface area contributed by atoms with Gasteiger partial charge in [0, 0.05) is 44.2 Å². The number of nitrogens with zero attached hydrogens (tertiary/aromatic N) is 4. The number of anilines is 1. The molecule has 8 nitrogen and oxygen atoms in total. The summed E-state index contributed by atoms with van der Waals surface area (Å²) in [4.78, 5) is 13.3. The number of aryl methyl sites for hydroxylation is 1. The van der Waals surface area contributed by atoms with Crippen LogP contribution in [0.3, 0.4) is 0 Å². The van der Waals surface area contributed by atoms with Crippen molar-refractivity contribution in [2.24, 2.45) is 0 Å². The van der Waals surface area contributed by atoms with Gasteiger partial charge in [0.25, 0.3) is 0 Å². The summed E-state index contributed by atoms with van der Waals surface area (Å²) < 4.78 is 5.36. The predicted molar refractivity (Wildman–Crippen MR) is 84.5 cm³/mol. The van der Waals surface area contributed by atoms with Crippen molar-refractivity contribution in [3.05, 3.63) is 29.6 Å². The minimum atomic E-state index is -0.348. The number of amides is 1. The lowest BCUT2D eigenvalue weighted by Crippen LogP contribution is -2.29. The van der Waals surface area contributed by atoms with E-state index in [-0.39, 0.29) is 6.09 Å². The van der Waals surface area contributed by atoms with Crippen LogP contribution in [0.2, 0.25) is 0 Å². The van der Waals surface area contributed by atoms with Gasteiger partial charge < -0.3 is 15.0 Å². The molecule has 0 radical (unpaired) electrons. The van der Waals surface area contributed by atoms with Gasteiger partial charge in [-0.25, -0.2) is 4.79 Å². The molecule has 2 heterocycles. The van der Waals surface area contributed by atoms with Crippen molar-refractivity contribution >= 4 is 11.8 Å². The molecule has 3 rings (SSSR count). The Balaban J connectivity index is 1.64. The topological polar surface area (TPSA) is 96.0 Å². The van der Waals surface area contributed by atoms with E-state index < -0.39 is 0 Å². The van der Waals surface area contributed by atoms with Crippen LogP contribution in [0.4, 0.5) is 10.5 Å². The van der Waals surface area contributed by atoms with Crippen molar-refractivity contribution in [2.45, 2.75) is 25.7 Å². The maximum Gasteiger partial charge on any atom is 0.414 e. The first kappa shape index (κ1) is 15.3. The van der Waals surface area contributed by atoms with Crippen LogP contribution < -0.4 is 10.1 Å². The van der Waals surface area contributed by atoms with Crippen LogP contribution in [0.1, 0.15) is 30.7 Å². The van der Waals surface area contributed by atoms with Crippen LogP contribution in [0.15, 0.2) is 18.2 Å². The number of benzene rings is 1. The fraction of sp³-hybridized carbons (Fsp3) is 0.467. The van der Waals surface area contributed by atoms with Gasteiger partial charge in [0.1, 0.15) is 5.75 Å². The second-order valence-electron chi connectivity index (χ2n) is 5.58. The average Bonchev–Trinajstić information content (AvgIpc) is 3.21. The number of tetrazole rings is 1. The van der Waals surface area contributed by atoms with Gasteiger partial charge in [0.05, 0.1) is 0 Å². The SMILES string of the molecule is CCN(C)C(=O)Oc1ccc2c(c1)NCC2CCc1nn[nH]n1. The number of aromatic amines is 1. The molecule has 1 unspecified atom stereocenters. The zero-order valence-corrected chi connectivity index (χ0v) is 13.2. The summed E-state index contributed by atoms with van der Waals surface area (Å²) in [5.41, 5.74) is 2.25. The second kappa shape index (κ2) is 6.64. The van der Waals surface area contributed by atoms with Gasteiger partial charge in [-0.1, -0.05) is 11.3 Å². The molecule has 23 heavy (non-hydrogen) atoms. The number of rotatable bonds is 5. The Kier molecular flexibility index (Phi) is 4.40. The Morgan fingerprint density at radius 2 is 2.35 bits per heavy atom. The molecule has 2 N–H and O–H groups in total. The van der Waals surface area contributed by atoms with E-state index >= 15 is 0 Å². The summed E-state index contributed by atoms with van der Waals surface area (Å²) in [6.45, 7) is 3.37.